The number of carbonyl (C=O) groups is 1. The molecule has 0 aliphatic carbocycles. The summed E-state index contributed by atoms with van der Waals surface area (Å²) < 4.78 is 24.7. The Morgan fingerprint density at radius 1 is 1.10 bits per heavy atom. The molecule has 31 heavy (non-hydrogen) atoms. The van der Waals surface area contributed by atoms with Crippen LogP contribution in [-0.4, -0.2) is 64.8 Å². The van der Waals surface area contributed by atoms with E-state index in [2.05, 4.69) is 5.10 Å². The molecular formula is C22H23N3O5S. The van der Waals surface area contributed by atoms with Gasteiger partial charge in [0, 0.05) is 18.9 Å². The number of amides is 1. The van der Waals surface area contributed by atoms with Crippen molar-refractivity contribution in [1.29, 1.82) is 0 Å². The second kappa shape index (κ2) is 8.24. The van der Waals surface area contributed by atoms with Crippen LogP contribution < -0.4 is 5.56 Å². The molecule has 1 aromatic heterocycles. The highest BCUT2D eigenvalue weighted by Crippen LogP contribution is 2.19. The first-order valence-corrected chi connectivity index (χ1v) is 11.7. The lowest BCUT2D eigenvalue weighted by atomic mass is 10.0. The standard InChI is InChI=1S/C22H23N3O5S/c1-24(19-13-31(29,30)14-20(19)26)21(27)12-25-22(28)17-10-6-5-9-16(17)18(23-25)11-15-7-3-2-4-8-15/h2-10,19-20,26H,11-14H2,1H3/t19-,20-/m1/s1. The molecule has 1 fully saturated rings. The summed E-state index contributed by atoms with van der Waals surface area (Å²) in [6, 6.07) is 16.0. The molecule has 2 aromatic carbocycles. The number of nitrogens with zero attached hydrogens (tertiary/aromatic N) is 3. The van der Waals surface area contributed by atoms with Crippen LogP contribution in [0.25, 0.3) is 10.8 Å². The normalized spacial score (nSPS) is 20.1. The Morgan fingerprint density at radius 3 is 2.39 bits per heavy atom. The average Bonchev–Trinajstić information content (AvgIpc) is 3.03. The van der Waals surface area contributed by atoms with E-state index in [1.54, 1.807) is 12.1 Å². The number of benzene rings is 2. The summed E-state index contributed by atoms with van der Waals surface area (Å²) in [7, 11) is -1.96. The Hall–Kier alpha value is -3.04. The maximum absolute atomic E-state index is 13.0. The average molecular weight is 442 g/mol. The monoisotopic (exact) mass is 441 g/mol. The predicted molar refractivity (Wildman–Crippen MR) is 116 cm³/mol. The van der Waals surface area contributed by atoms with Crippen molar-refractivity contribution in [2.45, 2.75) is 25.1 Å². The van der Waals surface area contributed by atoms with E-state index in [4.69, 9.17) is 0 Å². The molecule has 1 aliphatic heterocycles. The highest BCUT2D eigenvalue weighted by molar-refractivity contribution is 7.91. The third-order valence-electron chi connectivity index (χ3n) is 5.63. The summed E-state index contributed by atoms with van der Waals surface area (Å²) in [6.45, 7) is -0.342. The van der Waals surface area contributed by atoms with Gasteiger partial charge in [-0.25, -0.2) is 13.1 Å². The molecule has 9 heteroatoms. The summed E-state index contributed by atoms with van der Waals surface area (Å²) in [4.78, 5) is 27.0. The van der Waals surface area contributed by atoms with E-state index >= 15 is 0 Å². The molecule has 0 unspecified atom stereocenters. The molecule has 3 aromatic rings. The Balaban J connectivity index is 1.67. The van der Waals surface area contributed by atoms with E-state index in [0.29, 0.717) is 17.5 Å². The summed E-state index contributed by atoms with van der Waals surface area (Å²) in [5.74, 6) is -1.16. The fourth-order valence-corrected chi connectivity index (χ4v) is 5.78. The second-order valence-electron chi connectivity index (χ2n) is 7.83. The van der Waals surface area contributed by atoms with E-state index in [9.17, 15) is 23.1 Å². The zero-order chi connectivity index (χ0) is 22.2. The number of sulfone groups is 1. The molecule has 162 valence electrons. The van der Waals surface area contributed by atoms with Crippen LogP contribution >= 0.6 is 0 Å². The van der Waals surface area contributed by atoms with Gasteiger partial charge in [-0.1, -0.05) is 48.5 Å². The number of likely N-dealkylation sites (N-methyl/N-ethyl adjacent to an activating group) is 1. The topological polar surface area (TPSA) is 110 Å². The first-order valence-electron chi connectivity index (χ1n) is 9.92. The van der Waals surface area contributed by atoms with Crippen molar-refractivity contribution in [2.24, 2.45) is 0 Å². The molecule has 2 heterocycles. The van der Waals surface area contributed by atoms with E-state index in [1.165, 1.54) is 11.9 Å². The minimum Gasteiger partial charge on any atom is -0.390 e. The van der Waals surface area contributed by atoms with Crippen molar-refractivity contribution in [3.8, 4) is 0 Å². The van der Waals surface area contributed by atoms with Gasteiger partial charge in [0.25, 0.3) is 5.56 Å². The lowest BCUT2D eigenvalue weighted by Gasteiger charge is -2.26. The minimum absolute atomic E-state index is 0.296. The maximum atomic E-state index is 13.0. The number of aliphatic hydroxyl groups excluding tert-OH is 1. The van der Waals surface area contributed by atoms with E-state index in [1.807, 2.05) is 42.5 Å². The Kier molecular flexibility index (Phi) is 5.63. The Morgan fingerprint density at radius 2 is 1.74 bits per heavy atom. The Bertz CT molecular complexity index is 1290. The van der Waals surface area contributed by atoms with Crippen LogP contribution in [0.5, 0.6) is 0 Å². The van der Waals surface area contributed by atoms with Crippen molar-refractivity contribution >= 4 is 26.5 Å². The van der Waals surface area contributed by atoms with Gasteiger partial charge >= 0.3 is 0 Å². The molecule has 1 amide bonds. The fourth-order valence-electron chi connectivity index (χ4n) is 3.94. The molecule has 4 rings (SSSR count). The van der Waals surface area contributed by atoms with Crippen molar-refractivity contribution in [3.63, 3.8) is 0 Å². The number of carbonyl (C=O) groups excluding carboxylic acids is 1. The van der Waals surface area contributed by atoms with E-state index < -0.39 is 33.4 Å². The van der Waals surface area contributed by atoms with Gasteiger partial charge in [-0.3, -0.25) is 9.59 Å². The van der Waals surface area contributed by atoms with Gasteiger partial charge in [0.2, 0.25) is 5.91 Å². The number of hydrogen-bond acceptors (Lipinski definition) is 6. The summed E-state index contributed by atoms with van der Waals surface area (Å²) >= 11 is 0. The molecule has 1 N–H and O–H groups in total. The van der Waals surface area contributed by atoms with Gasteiger partial charge in [0.05, 0.1) is 34.7 Å². The van der Waals surface area contributed by atoms with Gasteiger partial charge in [-0.05, 0) is 11.6 Å². The number of fused-ring (bicyclic) bond motifs is 1. The molecule has 1 aliphatic rings. The molecule has 2 atom stereocenters. The summed E-state index contributed by atoms with van der Waals surface area (Å²) in [6.07, 6.45) is -0.653. The minimum atomic E-state index is -3.40. The van der Waals surface area contributed by atoms with Crippen LogP contribution in [0.3, 0.4) is 0 Å². The number of hydrogen-bond donors (Lipinski definition) is 1. The maximum Gasteiger partial charge on any atom is 0.275 e. The Labute approximate surface area is 179 Å². The first kappa shape index (κ1) is 21.2. The number of rotatable bonds is 5. The largest absolute Gasteiger partial charge is 0.390 e. The van der Waals surface area contributed by atoms with Crippen molar-refractivity contribution in [1.82, 2.24) is 14.7 Å². The lowest BCUT2D eigenvalue weighted by molar-refractivity contribution is -0.134. The van der Waals surface area contributed by atoms with E-state index in [0.717, 1.165) is 15.6 Å². The predicted octanol–water partition coefficient (Wildman–Crippen LogP) is 0.604. The van der Waals surface area contributed by atoms with Crippen molar-refractivity contribution in [3.05, 3.63) is 76.2 Å². The number of aliphatic hydroxyl groups is 1. The van der Waals surface area contributed by atoms with E-state index in [-0.39, 0.29) is 18.1 Å². The van der Waals surface area contributed by atoms with Crippen LogP contribution in [0.15, 0.2) is 59.4 Å². The smallest absolute Gasteiger partial charge is 0.275 e. The van der Waals surface area contributed by atoms with Crippen molar-refractivity contribution in [2.75, 3.05) is 18.6 Å². The first-order chi connectivity index (χ1) is 14.7. The van der Waals surface area contributed by atoms with Crippen LogP contribution in [0.2, 0.25) is 0 Å². The van der Waals surface area contributed by atoms with Gasteiger partial charge < -0.3 is 10.0 Å². The van der Waals surface area contributed by atoms with Crippen molar-refractivity contribution < 1.29 is 18.3 Å². The van der Waals surface area contributed by atoms with Crippen LogP contribution in [-0.2, 0) is 27.6 Å². The molecule has 0 spiro atoms. The highest BCUT2D eigenvalue weighted by Gasteiger charge is 2.40. The second-order valence-corrected chi connectivity index (χ2v) is 9.99. The van der Waals surface area contributed by atoms with Gasteiger partial charge in [0.1, 0.15) is 6.54 Å². The summed E-state index contributed by atoms with van der Waals surface area (Å²) in [5, 5.41) is 15.7. The summed E-state index contributed by atoms with van der Waals surface area (Å²) in [5.41, 5.74) is 1.29. The van der Waals surface area contributed by atoms with Crippen LogP contribution in [0.4, 0.5) is 0 Å². The fraction of sp³-hybridized carbons (Fsp3) is 0.318. The molecular weight excluding hydrogens is 418 g/mol. The molecule has 0 radical (unpaired) electrons. The highest BCUT2D eigenvalue weighted by atomic mass is 32.2. The third kappa shape index (κ3) is 4.38. The lowest BCUT2D eigenvalue weighted by Crippen LogP contribution is -2.46. The van der Waals surface area contributed by atoms with Gasteiger partial charge in [0.15, 0.2) is 9.84 Å². The molecule has 0 saturated carbocycles. The van der Waals surface area contributed by atoms with Gasteiger partial charge in [-0.15, -0.1) is 0 Å². The zero-order valence-corrected chi connectivity index (χ0v) is 17.8. The molecule has 1 saturated heterocycles. The SMILES string of the molecule is CN(C(=O)Cn1nc(Cc2ccccc2)c2ccccc2c1=O)[C@@H]1CS(=O)(=O)C[C@H]1O. The zero-order valence-electron chi connectivity index (χ0n) is 17.0. The van der Waals surface area contributed by atoms with Gasteiger partial charge in [-0.2, -0.15) is 5.10 Å². The molecule has 0 bridgehead atoms. The third-order valence-corrected chi connectivity index (χ3v) is 7.33. The van der Waals surface area contributed by atoms with Crippen LogP contribution in [0.1, 0.15) is 11.3 Å². The number of aromatic nitrogens is 2. The van der Waals surface area contributed by atoms with Crippen LogP contribution in [0, 0.1) is 0 Å². The molecule has 8 nitrogen and oxygen atoms in total. The quantitative estimate of drug-likeness (QED) is 0.621.